The molecule has 1 aliphatic rings. The van der Waals surface area contributed by atoms with Gasteiger partial charge in [-0.15, -0.1) is 0 Å². The van der Waals surface area contributed by atoms with E-state index in [1.807, 2.05) is 109 Å². The van der Waals surface area contributed by atoms with Gasteiger partial charge in [0, 0.05) is 50.1 Å². The normalized spacial score (nSPS) is 12.2. The molecule has 0 fully saturated rings. The van der Waals surface area contributed by atoms with Crippen molar-refractivity contribution in [3.8, 4) is 102 Å². The molecule has 0 saturated carbocycles. The van der Waals surface area contributed by atoms with Crippen molar-refractivity contribution in [3.05, 3.63) is 284 Å². The first kappa shape index (κ1) is 54.9. The third-order valence-corrected chi connectivity index (χ3v) is 16.2. The zero-order valence-corrected chi connectivity index (χ0v) is 50.0. The number of hydrogen-bond donors (Lipinski definition) is 0. The standard InChI is InChI=1S/C79H63N9/c1-78(2,3)59-47-58(48-60(49-59)79(4,5)6)71-61(64-50-62(52-29-13-7-14-30-52)80-73(82-64)54-33-17-9-18-34-54)45-46-70(72(71)65-51-63(53-31-15-8-16-32-53)81-74(83-65)55-35-19-10-20-36-55)87-66-41-25-27-43-68(66)88(69-44-28-26-42-67(69)87)77-85-75(56-37-21-11-22-38-56)84-76(86-77)57-39-23-12-24-40-57/h7-51H,1-6H3. The lowest BCUT2D eigenvalue weighted by atomic mass is 9.77. The molecule has 9 heteroatoms. The average Bonchev–Trinajstić information content (AvgIpc) is 0.805. The Hall–Kier alpha value is -11.0. The minimum atomic E-state index is -0.232. The number of para-hydroxylation sites is 4. The Morgan fingerprint density at radius 2 is 0.568 bits per heavy atom. The molecule has 0 aliphatic carbocycles. The third-order valence-electron chi connectivity index (χ3n) is 16.2. The number of benzene rings is 10. The SMILES string of the molecule is CC(C)(C)c1cc(-c2c(-c3cc(-c4ccccc4)nc(-c4ccccc4)n3)ccc(N3c4ccccc4N(c4nc(-c5ccccc5)nc(-c5ccccc5)n4)c4ccccc43)c2-c2cc(-c3ccccc3)nc(-c3ccccc3)n2)cc(C(C)(C)C)c1. The Bertz CT molecular complexity index is 4430. The summed E-state index contributed by atoms with van der Waals surface area (Å²) in [6.07, 6.45) is 0. The van der Waals surface area contributed by atoms with Crippen LogP contribution in [0.1, 0.15) is 52.7 Å². The Morgan fingerprint density at radius 3 is 0.966 bits per heavy atom. The molecule has 0 amide bonds. The fourth-order valence-electron chi connectivity index (χ4n) is 11.6. The summed E-state index contributed by atoms with van der Waals surface area (Å²) in [5.41, 5.74) is 18.8. The smallest absolute Gasteiger partial charge is 0.238 e. The first-order valence-electron chi connectivity index (χ1n) is 29.9. The van der Waals surface area contributed by atoms with E-state index in [1.165, 1.54) is 11.1 Å². The second-order valence-corrected chi connectivity index (χ2v) is 24.2. The summed E-state index contributed by atoms with van der Waals surface area (Å²) in [4.78, 5) is 42.6. The molecule has 0 radical (unpaired) electrons. The summed E-state index contributed by atoms with van der Waals surface area (Å²) in [7, 11) is 0. The van der Waals surface area contributed by atoms with Gasteiger partial charge in [0.1, 0.15) is 0 Å². The van der Waals surface area contributed by atoms with Crippen LogP contribution < -0.4 is 9.80 Å². The van der Waals surface area contributed by atoms with Crippen LogP contribution in [0.3, 0.4) is 0 Å². The van der Waals surface area contributed by atoms with Gasteiger partial charge in [0.2, 0.25) is 5.95 Å². The van der Waals surface area contributed by atoms with Crippen LogP contribution in [-0.4, -0.2) is 34.9 Å². The second kappa shape index (κ2) is 22.8. The number of hydrogen-bond acceptors (Lipinski definition) is 9. The highest BCUT2D eigenvalue weighted by atomic mass is 15.3. The van der Waals surface area contributed by atoms with Crippen molar-refractivity contribution in [3.63, 3.8) is 0 Å². The number of aromatic nitrogens is 7. The maximum Gasteiger partial charge on any atom is 0.238 e. The van der Waals surface area contributed by atoms with Gasteiger partial charge in [0.05, 0.1) is 51.2 Å². The topological polar surface area (TPSA) is 96.7 Å². The molecule has 4 heterocycles. The summed E-state index contributed by atoms with van der Waals surface area (Å²) < 4.78 is 0. The van der Waals surface area contributed by atoms with E-state index in [9.17, 15) is 0 Å². The zero-order chi connectivity index (χ0) is 59.9. The van der Waals surface area contributed by atoms with E-state index in [4.69, 9.17) is 34.9 Å². The Labute approximate surface area is 514 Å². The van der Waals surface area contributed by atoms with E-state index in [2.05, 4.69) is 215 Å². The van der Waals surface area contributed by atoms with E-state index in [0.29, 0.717) is 29.2 Å². The predicted octanol–water partition coefficient (Wildman–Crippen LogP) is 20.3. The van der Waals surface area contributed by atoms with Gasteiger partial charge < -0.3 is 4.90 Å². The minimum absolute atomic E-state index is 0.232. The minimum Gasteiger partial charge on any atom is -0.306 e. The quantitative estimate of drug-likeness (QED) is 0.125. The largest absolute Gasteiger partial charge is 0.306 e. The van der Waals surface area contributed by atoms with Crippen molar-refractivity contribution in [2.75, 3.05) is 9.80 Å². The molecule has 0 bridgehead atoms. The number of fused-ring (bicyclic) bond motifs is 2. The number of rotatable bonds is 11. The molecule has 0 spiro atoms. The molecule has 14 rings (SSSR count). The summed E-state index contributed by atoms with van der Waals surface area (Å²) in [6.45, 7) is 13.8. The Morgan fingerprint density at radius 1 is 0.239 bits per heavy atom. The highest BCUT2D eigenvalue weighted by molar-refractivity contribution is 6.08. The van der Waals surface area contributed by atoms with E-state index >= 15 is 0 Å². The summed E-state index contributed by atoms with van der Waals surface area (Å²) in [6, 6.07) is 94.8. The summed E-state index contributed by atoms with van der Waals surface area (Å²) in [5.74, 6) is 2.84. The molecule has 9 nitrogen and oxygen atoms in total. The van der Waals surface area contributed by atoms with Crippen LogP contribution in [-0.2, 0) is 10.8 Å². The molecule has 0 atom stereocenters. The molecule has 88 heavy (non-hydrogen) atoms. The molecular formula is C79H63N9. The van der Waals surface area contributed by atoms with Crippen LogP contribution in [0.25, 0.3) is 102 Å². The van der Waals surface area contributed by atoms with Gasteiger partial charge in [-0.25, -0.2) is 24.9 Å². The van der Waals surface area contributed by atoms with Gasteiger partial charge in [-0.1, -0.05) is 272 Å². The molecule has 424 valence electrons. The zero-order valence-electron chi connectivity index (χ0n) is 50.0. The molecule has 3 aromatic heterocycles. The molecule has 0 N–H and O–H groups in total. The van der Waals surface area contributed by atoms with Crippen molar-refractivity contribution in [2.24, 2.45) is 0 Å². The predicted molar refractivity (Wildman–Crippen MR) is 360 cm³/mol. The van der Waals surface area contributed by atoms with Gasteiger partial charge in [-0.2, -0.15) is 9.97 Å². The summed E-state index contributed by atoms with van der Waals surface area (Å²) >= 11 is 0. The maximum atomic E-state index is 5.79. The molecule has 13 aromatic rings. The van der Waals surface area contributed by atoms with Gasteiger partial charge in [-0.05, 0) is 70.0 Å². The first-order chi connectivity index (χ1) is 42.9. The highest BCUT2D eigenvalue weighted by Crippen LogP contribution is 2.58. The Kier molecular flexibility index (Phi) is 14.2. The van der Waals surface area contributed by atoms with Crippen LogP contribution in [0.5, 0.6) is 0 Å². The van der Waals surface area contributed by atoms with Crippen LogP contribution in [0.4, 0.5) is 34.4 Å². The van der Waals surface area contributed by atoms with Crippen molar-refractivity contribution in [1.82, 2.24) is 34.9 Å². The molecule has 0 saturated heterocycles. The third kappa shape index (κ3) is 10.7. The van der Waals surface area contributed by atoms with Crippen LogP contribution in [0, 0.1) is 0 Å². The molecule has 10 aromatic carbocycles. The fourth-order valence-corrected chi connectivity index (χ4v) is 11.6. The van der Waals surface area contributed by atoms with E-state index in [0.717, 1.165) is 107 Å². The summed E-state index contributed by atoms with van der Waals surface area (Å²) in [5, 5.41) is 0. The number of nitrogens with zero attached hydrogens (tertiary/aromatic N) is 9. The van der Waals surface area contributed by atoms with Crippen molar-refractivity contribution < 1.29 is 0 Å². The monoisotopic (exact) mass is 1140 g/mol. The van der Waals surface area contributed by atoms with Crippen LogP contribution in [0.15, 0.2) is 273 Å². The van der Waals surface area contributed by atoms with Crippen molar-refractivity contribution >= 4 is 34.4 Å². The van der Waals surface area contributed by atoms with Gasteiger partial charge >= 0.3 is 0 Å². The number of anilines is 6. The van der Waals surface area contributed by atoms with Crippen molar-refractivity contribution in [2.45, 2.75) is 52.4 Å². The maximum absolute atomic E-state index is 5.79. The van der Waals surface area contributed by atoms with E-state index < -0.39 is 0 Å². The lowest BCUT2D eigenvalue weighted by molar-refractivity contribution is 0.569. The highest BCUT2D eigenvalue weighted by Gasteiger charge is 2.36. The second-order valence-electron chi connectivity index (χ2n) is 24.2. The molecular weight excluding hydrogens is 1070 g/mol. The molecule has 1 aliphatic heterocycles. The van der Waals surface area contributed by atoms with Gasteiger partial charge in [0.15, 0.2) is 23.3 Å². The lowest BCUT2D eigenvalue weighted by Crippen LogP contribution is -2.26. The van der Waals surface area contributed by atoms with Crippen molar-refractivity contribution in [1.29, 1.82) is 0 Å². The van der Waals surface area contributed by atoms with E-state index in [-0.39, 0.29) is 10.8 Å². The Balaban J connectivity index is 1.12. The van der Waals surface area contributed by atoms with Crippen LogP contribution >= 0.6 is 0 Å². The van der Waals surface area contributed by atoms with Gasteiger partial charge in [0.25, 0.3) is 0 Å². The van der Waals surface area contributed by atoms with E-state index in [1.54, 1.807) is 0 Å². The lowest BCUT2D eigenvalue weighted by Gasteiger charge is -2.40. The fraction of sp³-hybridized carbons (Fsp3) is 0.101. The molecule has 0 unspecified atom stereocenters. The van der Waals surface area contributed by atoms with Gasteiger partial charge in [-0.3, -0.25) is 4.90 Å². The first-order valence-corrected chi connectivity index (χ1v) is 29.9. The van der Waals surface area contributed by atoms with Crippen LogP contribution in [0.2, 0.25) is 0 Å². The average molecular weight is 1140 g/mol.